The molecule has 104 valence electrons. The summed E-state index contributed by atoms with van der Waals surface area (Å²) in [5.74, 6) is -0.589. The molecule has 0 fully saturated rings. The highest BCUT2D eigenvalue weighted by Crippen LogP contribution is 2.28. The van der Waals surface area contributed by atoms with Crippen molar-refractivity contribution in [2.75, 3.05) is 12.4 Å². The quantitative estimate of drug-likeness (QED) is 0.932. The summed E-state index contributed by atoms with van der Waals surface area (Å²) in [6, 6.07) is 11.2. The molecule has 0 spiro atoms. The number of carbonyl (C=O) groups excluding carboxylic acids is 1. The fourth-order valence-corrected chi connectivity index (χ4v) is 1.85. The van der Waals surface area contributed by atoms with Crippen LogP contribution in [0.2, 0.25) is 0 Å². The van der Waals surface area contributed by atoms with E-state index in [1.807, 2.05) is 0 Å². The number of rotatable bonds is 4. The van der Waals surface area contributed by atoms with Gasteiger partial charge in [0.05, 0.1) is 0 Å². The minimum Gasteiger partial charge on any atom is -0.364 e. The van der Waals surface area contributed by atoms with Gasteiger partial charge >= 0.3 is 0 Å². The van der Waals surface area contributed by atoms with E-state index in [-0.39, 0.29) is 5.56 Å². The average molecular weight is 274 g/mol. The molecule has 0 radical (unpaired) electrons. The first-order valence-electron chi connectivity index (χ1n) is 6.10. The molecule has 5 heteroatoms. The van der Waals surface area contributed by atoms with E-state index in [0.717, 1.165) is 0 Å². The normalized spacial score (nSPS) is 13.6. The molecule has 0 saturated heterocycles. The van der Waals surface area contributed by atoms with E-state index in [0.29, 0.717) is 5.82 Å². The second-order valence-corrected chi connectivity index (χ2v) is 4.39. The fraction of sp³-hybridized carbons (Fsp3) is 0.200. The van der Waals surface area contributed by atoms with Crippen molar-refractivity contribution in [3.05, 3.63) is 60.0 Å². The summed E-state index contributed by atoms with van der Waals surface area (Å²) in [6.07, 6.45) is 1.56. The Kier molecular flexibility index (Phi) is 4.10. The van der Waals surface area contributed by atoms with Gasteiger partial charge in [-0.1, -0.05) is 24.3 Å². The summed E-state index contributed by atoms with van der Waals surface area (Å²) in [6.45, 7) is 1.52. The Hall–Kier alpha value is -2.27. The number of hydrogen-bond acceptors (Lipinski definition) is 3. The number of amides is 1. The highest BCUT2D eigenvalue weighted by Gasteiger charge is 2.37. The highest BCUT2D eigenvalue weighted by atomic mass is 19.1. The van der Waals surface area contributed by atoms with Gasteiger partial charge in [0.1, 0.15) is 11.6 Å². The molecular weight excluding hydrogens is 259 g/mol. The average Bonchev–Trinajstić information content (AvgIpc) is 2.48. The summed E-state index contributed by atoms with van der Waals surface area (Å²) < 4.78 is 19.2. The Bertz CT molecular complexity index is 604. The zero-order valence-corrected chi connectivity index (χ0v) is 11.3. The summed E-state index contributed by atoms with van der Waals surface area (Å²) in [4.78, 5) is 16.4. The number of nitrogens with one attached hydrogen (secondary N) is 1. The molecule has 1 aromatic carbocycles. The van der Waals surface area contributed by atoms with Crippen LogP contribution >= 0.6 is 0 Å². The number of hydrogen-bond donors (Lipinski definition) is 1. The maximum Gasteiger partial charge on any atom is 0.262 e. The van der Waals surface area contributed by atoms with Crippen LogP contribution in [0.5, 0.6) is 0 Å². The van der Waals surface area contributed by atoms with Gasteiger partial charge in [0.25, 0.3) is 5.91 Å². The van der Waals surface area contributed by atoms with Gasteiger partial charge in [-0.15, -0.1) is 0 Å². The molecule has 1 unspecified atom stereocenters. The lowest BCUT2D eigenvalue weighted by Crippen LogP contribution is -2.40. The lowest BCUT2D eigenvalue weighted by atomic mass is 9.94. The maximum absolute atomic E-state index is 13.9. The molecule has 0 aliphatic carbocycles. The van der Waals surface area contributed by atoms with Crippen molar-refractivity contribution in [2.24, 2.45) is 0 Å². The van der Waals surface area contributed by atoms with E-state index in [9.17, 15) is 9.18 Å². The lowest BCUT2D eigenvalue weighted by molar-refractivity contribution is -0.137. The van der Waals surface area contributed by atoms with Crippen LogP contribution in [0.15, 0.2) is 48.7 Å². The van der Waals surface area contributed by atoms with Crippen LogP contribution in [0.25, 0.3) is 0 Å². The van der Waals surface area contributed by atoms with Crippen molar-refractivity contribution in [2.45, 2.75) is 12.5 Å². The standard InChI is InChI=1S/C15H15FN2O2/c1-15(20-2,11-7-3-4-8-12(11)16)14(19)18-13-9-5-6-10-17-13/h3-10H,1-2H3,(H,17,18,19). The Morgan fingerprint density at radius 3 is 2.55 bits per heavy atom. The number of nitrogens with zero attached hydrogens (tertiary/aromatic N) is 1. The molecule has 1 atom stereocenters. The minimum atomic E-state index is -1.43. The van der Waals surface area contributed by atoms with Crippen molar-refractivity contribution >= 4 is 11.7 Å². The van der Waals surface area contributed by atoms with E-state index in [1.54, 1.807) is 36.5 Å². The van der Waals surface area contributed by atoms with Crippen LogP contribution < -0.4 is 5.32 Å². The summed E-state index contributed by atoms with van der Waals surface area (Å²) >= 11 is 0. The summed E-state index contributed by atoms with van der Waals surface area (Å²) in [5.41, 5.74) is -1.25. The third-order valence-electron chi connectivity index (χ3n) is 3.14. The van der Waals surface area contributed by atoms with Gasteiger partial charge in [-0.05, 0) is 25.1 Å². The molecule has 0 bridgehead atoms. The van der Waals surface area contributed by atoms with Gasteiger partial charge in [0.2, 0.25) is 0 Å². The van der Waals surface area contributed by atoms with E-state index in [2.05, 4.69) is 10.3 Å². The number of benzene rings is 1. The number of carbonyl (C=O) groups is 1. The number of pyridine rings is 1. The Morgan fingerprint density at radius 1 is 1.25 bits per heavy atom. The second-order valence-electron chi connectivity index (χ2n) is 4.39. The smallest absolute Gasteiger partial charge is 0.262 e. The van der Waals surface area contributed by atoms with Crippen LogP contribution in [0, 0.1) is 5.82 Å². The molecule has 20 heavy (non-hydrogen) atoms. The van der Waals surface area contributed by atoms with Crippen LogP contribution in [0.3, 0.4) is 0 Å². The maximum atomic E-state index is 13.9. The largest absolute Gasteiger partial charge is 0.364 e. The fourth-order valence-electron chi connectivity index (χ4n) is 1.85. The molecule has 1 N–H and O–H groups in total. The Labute approximate surface area is 116 Å². The number of halogens is 1. The molecule has 2 aromatic rings. The van der Waals surface area contributed by atoms with Gasteiger partial charge in [0, 0.05) is 18.9 Å². The number of anilines is 1. The van der Waals surface area contributed by atoms with Crippen LogP contribution in [-0.4, -0.2) is 18.0 Å². The zero-order valence-electron chi connectivity index (χ0n) is 11.3. The van der Waals surface area contributed by atoms with E-state index >= 15 is 0 Å². The third-order valence-corrected chi connectivity index (χ3v) is 3.14. The molecule has 2 rings (SSSR count). The molecule has 1 aromatic heterocycles. The van der Waals surface area contributed by atoms with Crippen molar-refractivity contribution in [3.8, 4) is 0 Å². The zero-order chi connectivity index (χ0) is 14.6. The predicted molar refractivity (Wildman–Crippen MR) is 73.6 cm³/mol. The van der Waals surface area contributed by atoms with Gasteiger partial charge in [-0.2, -0.15) is 0 Å². The van der Waals surface area contributed by atoms with Crippen molar-refractivity contribution < 1.29 is 13.9 Å². The second kappa shape index (κ2) is 5.79. The molecule has 1 heterocycles. The first kappa shape index (κ1) is 14.1. The molecule has 0 saturated carbocycles. The van der Waals surface area contributed by atoms with E-state index in [1.165, 1.54) is 26.2 Å². The predicted octanol–water partition coefficient (Wildman–Crippen LogP) is 2.72. The van der Waals surface area contributed by atoms with Crippen molar-refractivity contribution in [1.29, 1.82) is 0 Å². The van der Waals surface area contributed by atoms with Gasteiger partial charge in [-0.3, -0.25) is 4.79 Å². The van der Waals surface area contributed by atoms with Gasteiger partial charge < -0.3 is 10.1 Å². The third kappa shape index (κ3) is 2.67. The molecule has 0 aliphatic rings. The molecule has 4 nitrogen and oxygen atoms in total. The molecular formula is C15H15FN2O2. The van der Waals surface area contributed by atoms with Crippen molar-refractivity contribution in [3.63, 3.8) is 0 Å². The van der Waals surface area contributed by atoms with E-state index < -0.39 is 17.3 Å². The van der Waals surface area contributed by atoms with Crippen LogP contribution in [0.4, 0.5) is 10.2 Å². The SMILES string of the molecule is COC(C)(C(=O)Nc1ccccn1)c1ccccc1F. The Balaban J connectivity index is 2.31. The first-order chi connectivity index (χ1) is 9.58. The monoisotopic (exact) mass is 274 g/mol. The van der Waals surface area contributed by atoms with Gasteiger partial charge in [-0.25, -0.2) is 9.37 Å². The van der Waals surface area contributed by atoms with Crippen LogP contribution in [0.1, 0.15) is 12.5 Å². The minimum absolute atomic E-state index is 0.177. The summed E-state index contributed by atoms with van der Waals surface area (Å²) in [7, 11) is 1.37. The van der Waals surface area contributed by atoms with Crippen molar-refractivity contribution in [1.82, 2.24) is 4.98 Å². The highest BCUT2D eigenvalue weighted by molar-refractivity contribution is 5.97. The number of methoxy groups -OCH3 is 1. The van der Waals surface area contributed by atoms with E-state index in [4.69, 9.17) is 4.74 Å². The van der Waals surface area contributed by atoms with Crippen LogP contribution in [-0.2, 0) is 15.1 Å². The molecule has 1 amide bonds. The number of aromatic nitrogens is 1. The lowest BCUT2D eigenvalue weighted by Gasteiger charge is -2.27. The Morgan fingerprint density at radius 2 is 1.95 bits per heavy atom. The number of ether oxygens (including phenoxy) is 1. The first-order valence-corrected chi connectivity index (χ1v) is 6.10. The van der Waals surface area contributed by atoms with Gasteiger partial charge in [0.15, 0.2) is 5.60 Å². The molecule has 0 aliphatic heterocycles. The summed E-state index contributed by atoms with van der Waals surface area (Å²) in [5, 5.41) is 2.62. The topological polar surface area (TPSA) is 51.2 Å².